The molecule has 0 aromatic carbocycles. The quantitative estimate of drug-likeness (QED) is 0.0321. The molecule has 0 bridgehead atoms. The van der Waals surface area contributed by atoms with Crippen LogP contribution in [0.1, 0.15) is 296 Å². The standard InChI is InChI=1S/C56H107NO5/c1-3-5-7-9-11-13-15-17-18-19-20-21-22-25-28-32-36-40-44-48-54(59)53(52-58)57-55(60)49-45-41-37-33-29-26-23-27-31-35-39-43-47-51-62-56(61)50-46-42-38-34-30-24-16-14-12-10-8-6-4-2/h14,16,44,48,53-54,58-59H,3-13,15,17-43,45-47,49-52H2,1-2H3,(H,57,60)/b16-14-,48-44+. The van der Waals surface area contributed by atoms with Crippen molar-refractivity contribution in [2.24, 2.45) is 0 Å². The monoisotopic (exact) mass is 874 g/mol. The SMILES string of the molecule is CCCCCC/C=C\CCCCCCCC(=O)OCCCCCCCCCCCCCCCC(=O)NC(CO)C(O)/C=C/CCCCCCCCCCCCCCCCCCC. The van der Waals surface area contributed by atoms with Crippen LogP contribution < -0.4 is 5.32 Å². The van der Waals surface area contributed by atoms with Crippen LogP contribution in [0.25, 0.3) is 0 Å². The molecule has 6 nitrogen and oxygen atoms in total. The number of nitrogens with one attached hydrogen (secondary N) is 1. The highest BCUT2D eigenvalue weighted by molar-refractivity contribution is 5.76. The average molecular weight is 874 g/mol. The Morgan fingerprint density at radius 2 is 0.758 bits per heavy atom. The lowest BCUT2D eigenvalue weighted by Crippen LogP contribution is -2.45. The number of carbonyl (C=O) groups is 2. The van der Waals surface area contributed by atoms with Crippen LogP contribution in [-0.2, 0) is 14.3 Å². The van der Waals surface area contributed by atoms with Crippen molar-refractivity contribution in [2.75, 3.05) is 13.2 Å². The maximum atomic E-state index is 12.5. The molecule has 0 aliphatic heterocycles. The minimum absolute atomic E-state index is 0.0159. The van der Waals surface area contributed by atoms with E-state index < -0.39 is 12.1 Å². The molecule has 0 radical (unpaired) electrons. The van der Waals surface area contributed by atoms with E-state index in [1.54, 1.807) is 6.08 Å². The Morgan fingerprint density at radius 3 is 1.16 bits per heavy atom. The molecule has 0 aromatic heterocycles. The number of aliphatic hydroxyl groups excluding tert-OH is 2. The number of unbranched alkanes of at least 4 members (excludes halogenated alkanes) is 38. The van der Waals surface area contributed by atoms with E-state index in [1.807, 2.05) is 6.08 Å². The average Bonchev–Trinajstić information content (AvgIpc) is 3.27. The summed E-state index contributed by atoms with van der Waals surface area (Å²) in [7, 11) is 0. The largest absolute Gasteiger partial charge is 0.466 e. The van der Waals surface area contributed by atoms with Crippen molar-refractivity contribution >= 4 is 11.9 Å². The normalized spacial score (nSPS) is 12.8. The molecule has 0 rings (SSSR count). The van der Waals surface area contributed by atoms with Crippen LogP contribution in [0.2, 0.25) is 0 Å². The molecule has 6 heteroatoms. The van der Waals surface area contributed by atoms with Gasteiger partial charge in [-0.25, -0.2) is 0 Å². The van der Waals surface area contributed by atoms with Crippen LogP contribution in [0.4, 0.5) is 0 Å². The van der Waals surface area contributed by atoms with Gasteiger partial charge in [0.15, 0.2) is 0 Å². The molecule has 0 fully saturated rings. The van der Waals surface area contributed by atoms with Gasteiger partial charge in [-0.1, -0.05) is 250 Å². The fraction of sp³-hybridized carbons (Fsp3) is 0.893. The van der Waals surface area contributed by atoms with Gasteiger partial charge >= 0.3 is 5.97 Å². The second-order valence-electron chi connectivity index (χ2n) is 18.9. The number of allylic oxidation sites excluding steroid dienone is 3. The molecule has 2 unspecified atom stereocenters. The van der Waals surface area contributed by atoms with E-state index in [9.17, 15) is 19.8 Å². The van der Waals surface area contributed by atoms with Gasteiger partial charge in [-0.05, 0) is 57.8 Å². The number of esters is 1. The van der Waals surface area contributed by atoms with Gasteiger partial charge in [-0.15, -0.1) is 0 Å². The number of hydrogen-bond acceptors (Lipinski definition) is 5. The number of carbonyl (C=O) groups excluding carboxylic acids is 2. The first-order chi connectivity index (χ1) is 30.5. The molecule has 0 aromatic rings. The third kappa shape index (κ3) is 47.8. The topological polar surface area (TPSA) is 95.9 Å². The van der Waals surface area contributed by atoms with Crippen LogP contribution in [0.3, 0.4) is 0 Å². The number of rotatable bonds is 51. The molecule has 366 valence electrons. The van der Waals surface area contributed by atoms with Crippen LogP contribution in [-0.4, -0.2) is 47.4 Å². The summed E-state index contributed by atoms with van der Waals surface area (Å²) in [6, 6.07) is -0.638. The van der Waals surface area contributed by atoms with Gasteiger partial charge < -0.3 is 20.3 Å². The van der Waals surface area contributed by atoms with Crippen molar-refractivity contribution in [1.29, 1.82) is 0 Å². The highest BCUT2D eigenvalue weighted by Gasteiger charge is 2.18. The molecule has 1 amide bonds. The van der Waals surface area contributed by atoms with Crippen LogP contribution in [0.5, 0.6) is 0 Å². The summed E-state index contributed by atoms with van der Waals surface area (Å²) in [6.07, 6.45) is 61.8. The number of aliphatic hydroxyl groups is 2. The molecule has 2 atom stereocenters. The predicted octanol–water partition coefficient (Wildman–Crippen LogP) is 16.7. The zero-order chi connectivity index (χ0) is 45.1. The molecule has 0 heterocycles. The lowest BCUT2D eigenvalue weighted by Gasteiger charge is -2.20. The van der Waals surface area contributed by atoms with Crippen molar-refractivity contribution in [1.82, 2.24) is 5.32 Å². The van der Waals surface area contributed by atoms with Gasteiger partial charge in [-0.2, -0.15) is 0 Å². The molecule has 3 N–H and O–H groups in total. The summed E-state index contributed by atoms with van der Waals surface area (Å²) in [5, 5.41) is 23.1. The second-order valence-corrected chi connectivity index (χ2v) is 18.9. The van der Waals surface area contributed by atoms with E-state index in [2.05, 4.69) is 31.3 Å². The van der Waals surface area contributed by atoms with E-state index in [1.165, 1.54) is 212 Å². The first-order valence-electron chi connectivity index (χ1n) is 27.6. The van der Waals surface area contributed by atoms with E-state index in [4.69, 9.17) is 4.74 Å². The smallest absolute Gasteiger partial charge is 0.305 e. The number of ether oxygens (including phenoxy) is 1. The summed E-state index contributed by atoms with van der Waals surface area (Å²) in [6.45, 7) is 4.87. The Labute approximate surface area is 386 Å². The van der Waals surface area contributed by atoms with Crippen molar-refractivity contribution in [2.45, 2.75) is 309 Å². The van der Waals surface area contributed by atoms with Crippen LogP contribution in [0, 0.1) is 0 Å². The van der Waals surface area contributed by atoms with Gasteiger partial charge in [0.25, 0.3) is 0 Å². The Morgan fingerprint density at radius 1 is 0.435 bits per heavy atom. The highest BCUT2D eigenvalue weighted by atomic mass is 16.5. The van der Waals surface area contributed by atoms with E-state index in [-0.39, 0.29) is 18.5 Å². The zero-order valence-electron chi connectivity index (χ0n) is 41.6. The van der Waals surface area contributed by atoms with Gasteiger partial charge in [0, 0.05) is 12.8 Å². The molecule has 62 heavy (non-hydrogen) atoms. The number of hydrogen-bond donors (Lipinski definition) is 3. The van der Waals surface area contributed by atoms with Crippen LogP contribution >= 0.6 is 0 Å². The Kier molecular flexibility index (Phi) is 50.6. The molecule has 0 aliphatic carbocycles. The van der Waals surface area contributed by atoms with E-state index >= 15 is 0 Å². The molecular formula is C56H107NO5. The minimum atomic E-state index is -0.853. The molecule has 0 saturated heterocycles. The first-order valence-corrected chi connectivity index (χ1v) is 27.6. The second kappa shape index (κ2) is 52.0. The van der Waals surface area contributed by atoms with E-state index in [0.29, 0.717) is 19.4 Å². The molecule has 0 aliphatic rings. The van der Waals surface area contributed by atoms with Gasteiger partial charge in [0.05, 0.1) is 25.4 Å². The summed E-state index contributed by atoms with van der Waals surface area (Å²) in [5.74, 6) is -0.0952. The Balaban J connectivity index is 3.49. The first kappa shape index (κ1) is 60.3. The van der Waals surface area contributed by atoms with Crippen LogP contribution in [0.15, 0.2) is 24.3 Å². The summed E-state index contributed by atoms with van der Waals surface area (Å²) in [4.78, 5) is 24.5. The van der Waals surface area contributed by atoms with Crippen molar-refractivity contribution in [3.63, 3.8) is 0 Å². The molecular weight excluding hydrogens is 767 g/mol. The zero-order valence-corrected chi connectivity index (χ0v) is 41.6. The highest BCUT2D eigenvalue weighted by Crippen LogP contribution is 2.16. The van der Waals surface area contributed by atoms with Crippen molar-refractivity contribution < 1.29 is 24.5 Å². The summed E-state index contributed by atoms with van der Waals surface area (Å²) >= 11 is 0. The summed E-state index contributed by atoms with van der Waals surface area (Å²) < 4.78 is 5.45. The Bertz CT molecular complexity index is 966. The maximum Gasteiger partial charge on any atom is 0.305 e. The van der Waals surface area contributed by atoms with Gasteiger partial charge in [-0.3, -0.25) is 9.59 Å². The fourth-order valence-corrected chi connectivity index (χ4v) is 8.45. The summed E-state index contributed by atoms with van der Waals surface area (Å²) in [5.41, 5.74) is 0. The number of amides is 1. The third-order valence-corrected chi connectivity index (χ3v) is 12.7. The lowest BCUT2D eigenvalue weighted by molar-refractivity contribution is -0.143. The third-order valence-electron chi connectivity index (χ3n) is 12.7. The maximum absolute atomic E-state index is 12.5. The lowest BCUT2D eigenvalue weighted by atomic mass is 10.0. The fourth-order valence-electron chi connectivity index (χ4n) is 8.45. The van der Waals surface area contributed by atoms with Gasteiger partial charge in [0.1, 0.15) is 0 Å². The molecule has 0 spiro atoms. The van der Waals surface area contributed by atoms with E-state index in [0.717, 1.165) is 57.8 Å². The predicted molar refractivity (Wildman–Crippen MR) is 269 cm³/mol. The molecule has 0 saturated carbocycles. The minimum Gasteiger partial charge on any atom is -0.466 e. The van der Waals surface area contributed by atoms with Crippen molar-refractivity contribution in [3.8, 4) is 0 Å². The Hall–Kier alpha value is -1.66. The van der Waals surface area contributed by atoms with Gasteiger partial charge in [0.2, 0.25) is 5.91 Å². The van der Waals surface area contributed by atoms with Crippen molar-refractivity contribution in [3.05, 3.63) is 24.3 Å².